The van der Waals surface area contributed by atoms with E-state index in [4.69, 9.17) is 11.6 Å². The van der Waals surface area contributed by atoms with Crippen molar-refractivity contribution in [1.29, 1.82) is 0 Å². The maximum Gasteiger partial charge on any atom is 0.255 e. The third-order valence-corrected chi connectivity index (χ3v) is 2.29. The quantitative estimate of drug-likeness (QED) is 0.798. The fourth-order valence-electron chi connectivity index (χ4n) is 1.45. The highest BCUT2D eigenvalue weighted by Crippen LogP contribution is 2.13. The molecule has 7 nitrogen and oxygen atoms in total. The lowest BCUT2D eigenvalue weighted by Gasteiger charge is -2.10. The fourth-order valence-corrected chi connectivity index (χ4v) is 1.63. The maximum atomic E-state index is 11.5. The Labute approximate surface area is 109 Å². The van der Waals surface area contributed by atoms with Gasteiger partial charge in [0.05, 0.1) is 6.54 Å². The number of anilines is 1. The molecule has 0 aliphatic heterocycles. The molecule has 0 unspecified atom stereocenters. The lowest BCUT2D eigenvalue weighted by atomic mass is 10.4. The largest absolute Gasteiger partial charge is 0.361 e. The smallest absolute Gasteiger partial charge is 0.255 e. The van der Waals surface area contributed by atoms with Crippen LogP contribution in [0.25, 0.3) is 5.78 Å². The van der Waals surface area contributed by atoms with Crippen LogP contribution in [0.2, 0.25) is 5.15 Å². The minimum absolute atomic E-state index is 0.103. The molecule has 96 valence electrons. The number of carbonyl (C=O) groups excluding carboxylic acids is 1. The number of nitrogens with zero attached hydrogens (tertiary/aromatic N) is 4. The molecule has 2 aromatic rings. The molecule has 0 fully saturated rings. The molecule has 0 atom stereocenters. The molecule has 1 amide bonds. The van der Waals surface area contributed by atoms with E-state index in [0.717, 1.165) is 0 Å². The number of hydrogen-bond donors (Lipinski definition) is 2. The van der Waals surface area contributed by atoms with Gasteiger partial charge in [0.15, 0.2) is 0 Å². The summed E-state index contributed by atoms with van der Waals surface area (Å²) in [7, 11) is 0. The first-order valence-electron chi connectivity index (χ1n) is 5.46. The fraction of sp³-hybridized carbons (Fsp3) is 0.400. The van der Waals surface area contributed by atoms with E-state index in [1.807, 2.05) is 13.8 Å². The average Bonchev–Trinajstić information content (AvgIpc) is 2.72. The van der Waals surface area contributed by atoms with Gasteiger partial charge in [0, 0.05) is 12.1 Å². The summed E-state index contributed by atoms with van der Waals surface area (Å²) in [5.41, 5.74) is 0. The first-order chi connectivity index (χ1) is 8.56. The molecule has 0 spiro atoms. The Kier molecular flexibility index (Phi) is 3.61. The van der Waals surface area contributed by atoms with Gasteiger partial charge in [0.25, 0.3) is 5.78 Å². The Morgan fingerprint density at radius 3 is 3.06 bits per heavy atom. The third-order valence-electron chi connectivity index (χ3n) is 2.10. The molecule has 0 aromatic carbocycles. The van der Waals surface area contributed by atoms with Crippen LogP contribution in [-0.2, 0) is 4.79 Å². The molecule has 2 aromatic heterocycles. The van der Waals surface area contributed by atoms with E-state index in [1.54, 1.807) is 6.07 Å². The molecule has 0 aliphatic rings. The van der Waals surface area contributed by atoms with E-state index in [1.165, 1.54) is 10.8 Å². The van der Waals surface area contributed by atoms with Crippen molar-refractivity contribution in [2.75, 3.05) is 11.9 Å². The number of hydrogen-bond acceptors (Lipinski definition) is 5. The number of aromatic nitrogens is 4. The minimum Gasteiger partial charge on any atom is -0.361 e. The minimum atomic E-state index is -0.105. The first kappa shape index (κ1) is 12.6. The van der Waals surface area contributed by atoms with Gasteiger partial charge >= 0.3 is 0 Å². The second kappa shape index (κ2) is 5.18. The van der Waals surface area contributed by atoms with Crippen molar-refractivity contribution in [2.24, 2.45) is 0 Å². The highest BCUT2D eigenvalue weighted by Gasteiger charge is 2.08. The maximum absolute atomic E-state index is 11.5. The van der Waals surface area contributed by atoms with Crippen LogP contribution < -0.4 is 10.6 Å². The summed E-state index contributed by atoms with van der Waals surface area (Å²) in [6.45, 7) is 3.93. The number of amides is 1. The van der Waals surface area contributed by atoms with Crippen LogP contribution in [0.15, 0.2) is 12.4 Å². The number of nitrogens with one attached hydrogen (secondary N) is 2. The molecular weight excluding hydrogens is 256 g/mol. The number of fused-ring (bicyclic) bond motifs is 1. The summed E-state index contributed by atoms with van der Waals surface area (Å²) in [5.74, 6) is 0.849. The van der Waals surface area contributed by atoms with Gasteiger partial charge in [0.1, 0.15) is 17.3 Å². The topological polar surface area (TPSA) is 84.2 Å². The van der Waals surface area contributed by atoms with Gasteiger partial charge in [-0.25, -0.2) is 0 Å². The summed E-state index contributed by atoms with van der Waals surface area (Å²) in [5, 5.41) is 10.0. The standard InChI is InChI=1S/C10H13ClN6O/c1-6(2)15-9(18)4-12-8-3-7(11)16-10-13-5-14-17(8)10/h3,5-6,12H,4H2,1-2H3,(H,15,18). The zero-order chi connectivity index (χ0) is 13.1. The summed E-state index contributed by atoms with van der Waals surface area (Å²) in [6, 6.07) is 1.69. The predicted octanol–water partition coefficient (Wildman–Crippen LogP) is 0.714. The van der Waals surface area contributed by atoms with Crippen molar-refractivity contribution in [3.63, 3.8) is 0 Å². The molecule has 0 saturated heterocycles. The Morgan fingerprint density at radius 2 is 2.33 bits per heavy atom. The van der Waals surface area contributed by atoms with Gasteiger partial charge in [-0.05, 0) is 13.8 Å². The Morgan fingerprint density at radius 1 is 1.56 bits per heavy atom. The van der Waals surface area contributed by atoms with Crippen LogP contribution >= 0.6 is 11.6 Å². The van der Waals surface area contributed by atoms with Gasteiger partial charge < -0.3 is 10.6 Å². The van der Waals surface area contributed by atoms with Crippen molar-refractivity contribution in [1.82, 2.24) is 24.9 Å². The first-order valence-corrected chi connectivity index (χ1v) is 5.83. The summed E-state index contributed by atoms with van der Waals surface area (Å²) in [6.07, 6.45) is 1.37. The molecule has 0 bridgehead atoms. The molecule has 2 rings (SSSR count). The molecule has 8 heteroatoms. The zero-order valence-corrected chi connectivity index (χ0v) is 10.8. The normalized spacial score (nSPS) is 10.9. The summed E-state index contributed by atoms with van der Waals surface area (Å²) < 4.78 is 1.48. The van der Waals surface area contributed by atoms with Crippen LogP contribution in [-0.4, -0.2) is 38.1 Å². The van der Waals surface area contributed by atoms with E-state index < -0.39 is 0 Å². The van der Waals surface area contributed by atoms with E-state index in [-0.39, 0.29) is 18.5 Å². The van der Waals surface area contributed by atoms with Gasteiger partial charge in [-0.1, -0.05) is 11.6 Å². The summed E-state index contributed by atoms with van der Waals surface area (Å²) >= 11 is 5.85. The SMILES string of the molecule is CC(C)NC(=O)CNc1cc(Cl)nc2ncnn12. The van der Waals surface area contributed by atoms with Crippen molar-refractivity contribution < 1.29 is 4.79 Å². The second-order valence-electron chi connectivity index (χ2n) is 4.01. The van der Waals surface area contributed by atoms with Crippen LogP contribution in [0, 0.1) is 0 Å². The predicted molar refractivity (Wildman–Crippen MR) is 67.6 cm³/mol. The van der Waals surface area contributed by atoms with Gasteiger partial charge in [0.2, 0.25) is 5.91 Å². The monoisotopic (exact) mass is 268 g/mol. The van der Waals surface area contributed by atoms with Crippen molar-refractivity contribution in [2.45, 2.75) is 19.9 Å². The molecule has 18 heavy (non-hydrogen) atoms. The number of halogens is 1. The van der Waals surface area contributed by atoms with Crippen LogP contribution in [0.3, 0.4) is 0 Å². The molecule has 2 N–H and O–H groups in total. The number of carbonyl (C=O) groups is 1. The Bertz CT molecular complexity index is 566. The van der Waals surface area contributed by atoms with E-state index in [9.17, 15) is 4.79 Å². The van der Waals surface area contributed by atoms with E-state index in [2.05, 4.69) is 25.7 Å². The third kappa shape index (κ3) is 2.86. The van der Waals surface area contributed by atoms with Crippen LogP contribution in [0.5, 0.6) is 0 Å². The van der Waals surface area contributed by atoms with Gasteiger partial charge in [-0.2, -0.15) is 19.6 Å². The van der Waals surface area contributed by atoms with Crippen molar-refractivity contribution in [3.05, 3.63) is 17.5 Å². The second-order valence-corrected chi connectivity index (χ2v) is 4.40. The summed E-state index contributed by atoms with van der Waals surface area (Å²) in [4.78, 5) is 19.4. The van der Waals surface area contributed by atoms with E-state index in [0.29, 0.717) is 16.7 Å². The molecule has 0 aliphatic carbocycles. The highest BCUT2D eigenvalue weighted by atomic mass is 35.5. The van der Waals surface area contributed by atoms with Crippen molar-refractivity contribution in [3.8, 4) is 0 Å². The highest BCUT2D eigenvalue weighted by molar-refractivity contribution is 6.29. The van der Waals surface area contributed by atoms with E-state index >= 15 is 0 Å². The lowest BCUT2D eigenvalue weighted by molar-refractivity contribution is -0.119. The molecular formula is C10H13ClN6O. The Balaban J connectivity index is 2.11. The molecule has 0 radical (unpaired) electrons. The zero-order valence-electron chi connectivity index (χ0n) is 10.0. The number of rotatable bonds is 4. The molecule has 2 heterocycles. The average molecular weight is 269 g/mol. The lowest BCUT2D eigenvalue weighted by Crippen LogP contribution is -2.35. The molecule has 0 saturated carbocycles. The van der Waals surface area contributed by atoms with Gasteiger partial charge in [-0.15, -0.1) is 0 Å². The van der Waals surface area contributed by atoms with Crippen LogP contribution in [0.4, 0.5) is 5.82 Å². The Hall–Kier alpha value is -1.89. The van der Waals surface area contributed by atoms with Crippen molar-refractivity contribution >= 4 is 29.1 Å². The van der Waals surface area contributed by atoms with Gasteiger partial charge in [-0.3, -0.25) is 4.79 Å². The van der Waals surface area contributed by atoms with Crippen LogP contribution in [0.1, 0.15) is 13.8 Å².